The molecule has 0 saturated carbocycles. The molecule has 2 atom stereocenters. The summed E-state index contributed by atoms with van der Waals surface area (Å²) in [4.78, 5) is 40.9. The monoisotopic (exact) mass is 534 g/mol. The molecule has 9 nitrogen and oxygen atoms in total. The SMILES string of the molecule is CC(=O)NC1CCN(C(=O)[C@@H](C)N2CC[C@H](N(C)S(=O)(=O)c3ccc4cc(Cl)ccc4c3)C2=O)CC1. The normalized spacial score (nSPS) is 20.2. The number of carbonyl (C=O) groups excluding carboxylic acids is 3. The van der Waals surface area contributed by atoms with E-state index in [0.29, 0.717) is 43.9 Å². The highest BCUT2D eigenvalue weighted by Gasteiger charge is 2.43. The van der Waals surface area contributed by atoms with E-state index in [0.717, 1.165) is 15.1 Å². The molecule has 194 valence electrons. The smallest absolute Gasteiger partial charge is 0.245 e. The Bertz CT molecular complexity index is 1290. The molecule has 0 aliphatic carbocycles. The number of amides is 3. The molecule has 2 heterocycles. The molecule has 2 aromatic rings. The van der Waals surface area contributed by atoms with Gasteiger partial charge in [-0.05, 0) is 61.2 Å². The van der Waals surface area contributed by atoms with Crippen LogP contribution in [0.3, 0.4) is 0 Å². The van der Waals surface area contributed by atoms with Crippen molar-refractivity contribution in [1.29, 1.82) is 0 Å². The molecule has 0 radical (unpaired) electrons. The zero-order chi connectivity index (χ0) is 26.2. The zero-order valence-electron chi connectivity index (χ0n) is 20.6. The molecule has 1 N–H and O–H groups in total. The second-order valence-electron chi connectivity index (χ2n) is 9.49. The van der Waals surface area contributed by atoms with Crippen molar-refractivity contribution >= 4 is 50.1 Å². The van der Waals surface area contributed by atoms with E-state index in [1.807, 2.05) is 0 Å². The first-order chi connectivity index (χ1) is 17.0. The van der Waals surface area contributed by atoms with Gasteiger partial charge in [-0.15, -0.1) is 0 Å². The van der Waals surface area contributed by atoms with Crippen molar-refractivity contribution in [2.45, 2.75) is 56.1 Å². The number of nitrogens with one attached hydrogen (secondary N) is 1. The fourth-order valence-corrected chi connectivity index (χ4v) is 6.59. The van der Waals surface area contributed by atoms with Crippen molar-refractivity contribution < 1.29 is 22.8 Å². The number of hydrogen-bond donors (Lipinski definition) is 1. The highest BCUT2D eigenvalue weighted by Crippen LogP contribution is 2.28. The summed E-state index contributed by atoms with van der Waals surface area (Å²) in [5.74, 6) is -0.624. The van der Waals surface area contributed by atoms with Gasteiger partial charge in [-0.25, -0.2) is 8.42 Å². The topological polar surface area (TPSA) is 107 Å². The number of likely N-dealkylation sites (tertiary alicyclic amines) is 2. The lowest BCUT2D eigenvalue weighted by molar-refractivity contribution is -0.144. The van der Waals surface area contributed by atoms with E-state index < -0.39 is 22.1 Å². The highest BCUT2D eigenvalue weighted by molar-refractivity contribution is 7.89. The Hall–Kier alpha value is -2.69. The number of rotatable bonds is 6. The maximum Gasteiger partial charge on any atom is 0.245 e. The molecular formula is C25H31ClN4O5S. The van der Waals surface area contributed by atoms with Crippen LogP contribution in [0, 0.1) is 0 Å². The third-order valence-electron chi connectivity index (χ3n) is 7.14. The van der Waals surface area contributed by atoms with Gasteiger partial charge < -0.3 is 15.1 Å². The van der Waals surface area contributed by atoms with E-state index in [4.69, 9.17) is 11.6 Å². The van der Waals surface area contributed by atoms with E-state index in [-0.39, 0.29) is 28.7 Å². The molecule has 3 amide bonds. The number of hydrogen-bond acceptors (Lipinski definition) is 5. The predicted molar refractivity (Wildman–Crippen MR) is 137 cm³/mol. The van der Waals surface area contributed by atoms with Crippen LogP contribution in [0.15, 0.2) is 41.3 Å². The summed E-state index contributed by atoms with van der Waals surface area (Å²) >= 11 is 6.03. The fourth-order valence-electron chi connectivity index (χ4n) is 5.03. The summed E-state index contributed by atoms with van der Waals surface area (Å²) in [7, 11) is -2.53. The van der Waals surface area contributed by atoms with Crippen LogP contribution >= 0.6 is 11.6 Å². The van der Waals surface area contributed by atoms with E-state index in [2.05, 4.69) is 5.32 Å². The summed E-state index contributed by atoms with van der Waals surface area (Å²) in [5, 5.41) is 4.99. The molecule has 11 heteroatoms. The van der Waals surface area contributed by atoms with Gasteiger partial charge in [-0.3, -0.25) is 14.4 Å². The molecule has 0 spiro atoms. The van der Waals surface area contributed by atoms with Crippen LogP contribution in [0.5, 0.6) is 0 Å². The van der Waals surface area contributed by atoms with E-state index >= 15 is 0 Å². The lowest BCUT2D eigenvalue weighted by Crippen LogP contribution is -2.53. The van der Waals surface area contributed by atoms with E-state index in [1.54, 1.807) is 42.2 Å². The van der Waals surface area contributed by atoms with Crippen LogP contribution in [0.2, 0.25) is 5.02 Å². The highest BCUT2D eigenvalue weighted by atomic mass is 35.5. The number of benzene rings is 2. The number of piperidine rings is 1. The molecule has 2 fully saturated rings. The fraction of sp³-hybridized carbons (Fsp3) is 0.480. The Morgan fingerprint density at radius 1 is 1.06 bits per heavy atom. The molecule has 2 aliphatic heterocycles. The van der Waals surface area contributed by atoms with Crippen LogP contribution in [0.4, 0.5) is 0 Å². The molecule has 2 aromatic carbocycles. The van der Waals surface area contributed by atoms with Gasteiger partial charge in [0.2, 0.25) is 27.7 Å². The van der Waals surface area contributed by atoms with Crippen molar-refractivity contribution in [3.63, 3.8) is 0 Å². The van der Waals surface area contributed by atoms with Gasteiger partial charge in [0.05, 0.1) is 4.90 Å². The molecule has 4 rings (SSSR count). The number of carbonyl (C=O) groups is 3. The minimum absolute atomic E-state index is 0.0469. The maximum absolute atomic E-state index is 13.4. The summed E-state index contributed by atoms with van der Waals surface area (Å²) in [6, 6.07) is 8.47. The van der Waals surface area contributed by atoms with Crippen molar-refractivity contribution in [1.82, 2.24) is 19.4 Å². The molecule has 2 saturated heterocycles. The van der Waals surface area contributed by atoms with E-state index in [1.165, 1.54) is 24.9 Å². The summed E-state index contributed by atoms with van der Waals surface area (Å²) in [6.07, 6.45) is 1.63. The van der Waals surface area contributed by atoms with Gasteiger partial charge in [0.25, 0.3) is 0 Å². The van der Waals surface area contributed by atoms with Crippen molar-refractivity contribution in [3.8, 4) is 0 Å². The largest absolute Gasteiger partial charge is 0.353 e. The molecule has 2 aliphatic rings. The summed E-state index contributed by atoms with van der Waals surface area (Å²) in [6.45, 7) is 4.46. The molecule has 0 aromatic heterocycles. The first-order valence-corrected chi connectivity index (χ1v) is 13.8. The number of likely N-dealkylation sites (N-methyl/N-ethyl adjacent to an activating group) is 1. The van der Waals surface area contributed by atoms with Crippen LogP contribution in [-0.4, -0.2) is 85.1 Å². The molecule has 0 unspecified atom stereocenters. The second kappa shape index (κ2) is 10.4. The Morgan fingerprint density at radius 2 is 1.69 bits per heavy atom. The summed E-state index contributed by atoms with van der Waals surface area (Å²) in [5.41, 5.74) is 0. The van der Waals surface area contributed by atoms with Crippen molar-refractivity contribution in [3.05, 3.63) is 41.4 Å². The third kappa shape index (κ3) is 5.21. The zero-order valence-corrected chi connectivity index (χ0v) is 22.2. The number of fused-ring (bicyclic) bond motifs is 1. The second-order valence-corrected chi connectivity index (χ2v) is 11.9. The predicted octanol–water partition coefficient (Wildman–Crippen LogP) is 2.23. The minimum Gasteiger partial charge on any atom is -0.353 e. The molecular weight excluding hydrogens is 504 g/mol. The molecule has 36 heavy (non-hydrogen) atoms. The average molecular weight is 535 g/mol. The van der Waals surface area contributed by atoms with Gasteiger partial charge in [-0.2, -0.15) is 4.31 Å². The first-order valence-electron chi connectivity index (χ1n) is 12.0. The first kappa shape index (κ1) is 26.4. The number of halogens is 1. The standard InChI is InChI=1S/C25H31ClN4O5S/c1-16(24(32)29-11-8-21(9-12-29)27-17(2)31)30-13-10-23(25(30)33)28(3)36(34,35)22-7-5-18-14-20(26)6-4-19(18)15-22/h4-7,14-16,21,23H,8-13H2,1-3H3,(H,27,31)/t16-,23+/m1/s1. The van der Waals surface area contributed by atoms with Crippen molar-refractivity contribution in [2.75, 3.05) is 26.7 Å². The van der Waals surface area contributed by atoms with Crippen molar-refractivity contribution in [2.24, 2.45) is 0 Å². The van der Waals surface area contributed by atoms with Gasteiger partial charge >= 0.3 is 0 Å². The lowest BCUT2D eigenvalue weighted by atomic mass is 10.0. The van der Waals surface area contributed by atoms with Crippen LogP contribution in [0.1, 0.15) is 33.1 Å². The summed E-state index contributed by atoms with van der Waals surface area (Å²) < 4.78 is 27.8. The van der Waals surface area contributed by atoms with Gasteiger partial charge in [-0.1, -0.05) is 23.7 Å². The Morgan fingerprint density at radius 3 is 2.36 bits per heavy atom. The Balaban J connectivity index is 1.43. The van der Waals surface area contributed by atoms with Gasteiger partial charge in [0, 0.05) is 44.7 Å². The van der Waals surface area contributed by atoms with E-state index in [9.17, 15) is 22.8 Å². The van der Waals surface area contributed by atoms with Crippen LogP contribution < -0.4 is 5.32 Å². The lowest BCUT2D eigenvalue weighted by Gasteiger charge is -2.36. The Kier molecular flexibility index (Phi) is 7.59. The number of sulfonamides is 1. The minimum atomic E-state index is -3.94. The van der Waals surface area contributed by atoms with Crippen LogP contribution in [-0.2, 0) is 24.4 Å². The van der Waals surface area contributed by atoms with Crippen LogP contribution in [0.25, 0.3) is 10.8 Å². The maximum atomic E-state index is 13.4. The molecule has 0 bridgehead atoms. The van der Waals surface area contributed by atoms with Gasteiger partial charge in [0.1, 0.15) is 12.1 Å². The Labute approximate surface area is 216 Å². The average Bonchev–Trinajstić information content (AvgIpc) is 3.23. The third-order valence-corrected chi connectivity index (χ3v) is 9.24. The number of nitrogens with zero attached hydrogens (tertiary/aromatic N) is 3. The quantitative estimate of drug-likeness (QED) is 0.611. The van der Waals surface area contributed by atoms with Gasteiger partial charge in [0.15, 0.2) is 0 Å².